The molecule has 2 rings (SSSR count). The van der Waals surface area contributed by atoms with E-state index in [4.69, 9.17) is 16.0 Å². The summed E-state index contributed by atoms with van der Waals surface area (Å²) in [5.74, 6) is 1.03. The van der Waals surface area contributed by atoms with Gasteiger partial charge in [-0.25, -0.2) is 0 Å². The van der Waals surface area contributed by atoms with Gasteiger partial charge in [0.2, 0.25) is 0 Å². The van der Waals surface area contributed by atoms with Crippen LogP contribution in [0.25, 0.3) is 0 Å². The van der Waals surface area contributed by atoms with Gasteiger partial charge in [0.25, 0.3) is 0 Å². The highest BCUT2D eigenvalue weighted by Gasteiger charge is 2.21. The van der Waals surface area contributed by atoms with E-state index in [-0.39, 0.29) is 6.04 Å². The normalized spacial score (nSPS) is 12.6. The molecule has 0 saturated carbocycles. The van der Waals surface area contributed by atoms with Gasteiger partial charge < -0.3 is 9.73 Å². The Morgan fingerprint density at radius 3 is 2.52 bits per heavy atom. The van der Waals surface area contributed by atoms with Crippen molar-refractivity contribution in [2.24, 2.45) is 0 Å². The maximum Gasteiger partial charge on any atom is 0.108 e. The molecule has 0 spiro atoms. The first-order chi connectivity index (χ1) is 10.1. The van der Waals surface area contributed by atoms with Crippen LogP contribution in [0.4, 0.5) is 0 Å². The van der Waals surface area contributed by atoms with Crippen LogP contribution in [-0.4, -0.2) is 6.54 Å². The summed E-state index contributed by atoms with van der Waals surface area (Å²) in [5, 5.41) is 4.42. The van der Waals surface area contributed by atoms with Crippen LogP contribution in [0.2, 0.25) is 5.02 Å². The molecule has 114 valence electrons. The SMILES string of the molecule is CCCNC(c1cc(C)c(C)cc1Cl)c1ccoc1CC. The number of rotatable bonds is 6. The molecule has 0 bridgehead atoms. The molecule has 3 heteroatoms. The molecule has 1 heterocycles. The number of furan rings is 1. The quantitative estimate of drug-likeness (QED) is 0.793. The standard InChI is InChI=1S/C18H24ClNO/c1-5-8-20-18(14-7-9-21-17(14)6-2)15-10-12(3)13(4)11-16(15)19/h7,9-11,18,20H,5-6,8H2,1-4H3. The summed E-state index contributed by atoms with van der Waals surface area (Å²) >= 11 is 6.52. The van der Waals surface area contributed by atoms with Crippen molar-refractivity contribution < 1.29 is 4.42 Å². The fourth-order valence-corrected chi connectivity index (χ4v) is 2.92. The van der Waals surface area contributed by atoms with Crippen LogP contribution in [-0.2, 0) is 6.42 Å². The second kappa shape index (κ2) is 7.15. The monoisotopic (exact) mass is 305 g/mol. The lowest BCUT2D eigenvalue weighted by Gasteiger charge is -2.21. The molecule has 2 aromatic rings. The van der Waals surface area contributed by atoms with E-state index >= 15 is 0 Å². The van der Waals surface area contributed by atoms with Crippen molar-refractivity contribution in [2.75, 3.05) is 6.54 Å². The zero-order valence-corrected chi connectivity index (χ0v) is 14.1. The molecule has 0 saturated heterocycles. The van der Waals surface area contributed by atoms with Gasteiger partial charge in [-0.1, -0.05) is 31.5 Å². The van der Waals surface area contributed by atoms with Crippen LogP contribution in [0.15, 0.2) is 28.9 Å². The van der Waals surface area contributed by atoms with E-state index in [9.17, 15) is 0 Å². The average molecular weight is 306 g/mol. The fraction of sp³-hybridized carbons (Fsp3) is 0.444. The molecule has 1 unspecified atom stereocenters. The number of hydrogen-bond acceptors (Lipinski definition) is 2. The largest absolute Gasteiger partial charge is 0.469 e. The third kappa shape index (κ3) is 3.50. The van der Waals surface area contributed by atoms with Crippen molar-refractivity contribution in [3.05, 3.63) is 57.5 Å². The summed E-state index contributed by atoms with van der Waals surface area (Å²) in [6, 6.07) is 6.39. The Kier molecular flexibility index (Phi) is 5.49. The van der Waals surface area contributed by atoms with Crippen molar-refractivity contribution in [1.82, 2.24) is 5.32 Å². The molecule has 1 atom stereocenters. The summed E-state index contributed by atoms with van der Waals surface area (Å²) in [6.45, 7) is 9.45. The Morgan fingerprint density at radius 2 is 1.86 bits per heavy atom. The van der Waals surface area contributed by atoms with Crippen molar-refractivity contribution >= 4 is 11.6 Å². The highest BCUT2D eigenvalue weighted by Crippen LogP contribution is 2.33. The molecule has 21 heavy (non-hydrogen) atoms. The number of hydrogen-bond donors (Lipinski definition) is 1. The summed E-state index contributed by atoms with van der Waals surface area (Å²) in [5.41, 5.74) is 4.81. The minimum Gasteiger partial charge on any atom is -0.469 e. The van der Waals surface area contributed by atoms with Gasteiger partial charge in [0.05, 0.1) is 12.3 Å². The lowest BCUT2D eigenvalue weighted by Crippen LogP contribution is -2.24. The fourth-order valence-electron chi connectivity index (χ4n) is 2.60. The van der Waals surface area contributed by atoms with Gasteiger partial charge in [-0.15, -0.1) is 0 Å². The van der Waals surface area contributed by atoms with Gasteiger partial charge in [0.1, 0.15) is 5.76 Å². The lowest BCUT2D eigenvalue weighted by atomic mass is 9.95. The molecule has 0 radical (unpaired) electrons. The summed E-state index contributed by atoms with van der Waals surface area (Å²) in [6.07, 6.45) is 3.73. The zero-order chi connectivity index (χ0) is 15.4. The number of benzene rings is 1. The molecule has 1 aromatic heterocycles. The first-order valence-corrected chi connectivity index (χ1v) is 8.02. The third-order valence-electron chi connectivity index (χ3n) is 3.93. The summed E-state index contributed by atoms with van der Waals surface area (Å²) in [4.78, 5) is 0. The molecular weight excluding hydrogens is 282 g/mol. The highest BCUT2D eigenvalue weighted by atomic mass is 35.5. The molecule has 0 aliphatic rings. The van der Waals surface area contributed by atoms with E-state index in [1.165, 1.54) is 16.7 Å². The first-order valence-electron chi connectivity index (χ1n) is 7.64. The summed E-state index contributed by atoms with van der Waals surface area (Å²) in [7, 11) is 0. The maximum atomic E-state index is 6.52. The van der Waals surface area contributed by atoms with Crippen molar-refractivity contribution in [2.45, 2.75) is 46.6 Å². The van der Waals surface area contributed by atoms with Crippen LogP contribution in [0.5, 0.6) is 0 Å². The topological polar surface area (TPSA) is 25.2 Å². The molecule has 0 fully saturated rings. The van der Waals surface area contributed by atoms with Crippen LogP contribution in [0.1, 0.15) is 54.3 Å². The third-order valence-corrected chi connectivity index (χ3v) is 4.26. The zero-order valence-electron chi connectivity index (χ0n) is 13.3. The molecule has 1 N–H and O–H groups in total. The summed E-state index contributed by atoms with van der Waals surface area (Å²) < 4.78 is 5.61. The highest BCUT2D eigenvalue weighted by molar-refractivity contribution is 6.31. The Bertz CT molecular complexity index is 603. The van der Waals surface area contributed by atoms with Crippen molar-refractivity contribution in [1.29, 1.82) is 0 Å². The Morgan fingerprint density at radius 1 is 1.14 bits per heavy atom. The lowest BCUT2D eigenvalue weighted by molar-refractivity contribution is 0.500. The molecular formula is C18H24ClNO. The van der Waals surface area contributed by atoms with E-state index in [0.717, 1.165) is 35.7 Å². The predicted octanol–water partition coefficient (Wildman–Crippen LogP) is 5.20. The van der Waals surface area contributed by atoms with Crippen LogP contribution >= 0.6 is 11.6 Å². The number of halogens is 1. The van der Waals surface area contributed by atoms with Gasteiger partial charge >= 0.3 is 0 Å². The van der Waals surface area contributed by atoms with E-state index in [1.54, 1.807) is 6.26 Å². The molecule has 0 amide bonds. The van der Waals surface area contributed by atoms with Crippen LogP contribution < -0.4 is 5.32 Å². The Hall–Kier alpha value is -1.25. The predicted molar refractivity (Wildman–Crippen MR) is 89.1 cm³/mol. The van der Waals surface area contributed by atoms with E-state index < -0.39 is 0 Å². The van der Waals surface area contributed by atoms with Crippen LogP contribution in [0, 0.1) is 13.8 Å². The first kappa shape index (κ1) is 16.1. The van der Waals surface area contributed by atoms with Crippen molar-refractivity contribution in [3.8, 4) is 0 Å². The molecule has 0 aliphatic carbocycles. The smallest absolute Gasteiger partial charge is 0.108 e. The average Bonchev–Trinajstić information content (AvgIpc) is 2.93. The molecule has 0 aliphatic heterocycles. The number of nitrogens with one attached hydrogen (secondary N) is 1. The van der Waals surface area contributed by atoms with E-state index in [0.29, 0.717) is 0 Å². The second-order valence-corrected chi connectivity index (χ2v) is 5.90. The van der Waals surface area contributed by atoms with Crippen molar-refractivity contribution in [3.63, 3.8) is 0 Å². The Labute approximate surface area is 132 Å². The van der Waals surface area contributed by atoms with Gasteiger partial charge in [-0.2, -0.15) is 0 Å². The van der Waals surface area contributed by atoms with Gasteiger partial charge in [-0.3, -0.25) is 0 Å². The maximum absolute atomic E-state index is 6.52. The van der Waals surface area contributed by atoms with Gasteiger partial charge in [-0.05, 0) is 55.6 Å². The Balaban J connectivity index is 2.48. The minimum atomic E-state index is 0.0884. The van der Waals surface area contributed by atoms with Crippen LogP contribution in [0.3, 0.4) is 0 Å². The second-order valence-electron chi connectivity index (χ2n) is 5.50. The van der Waals surface area contributed by atoms with E-state index in [1.807, 2.05) is 0 Å². The molecule has 1 aromatic carbocycles. The van der Waals surface area contributed by atoms with E-state index in [2.05, 4.69) is 51.2 Å². The molecule has 2 nitrogen and oxygen atoms in total. The number of aryl methyl sites for hydroxylation is 3. The minimum absolute atomic E-state index is 0.0884. The van der Waals surface area contributed by atoms with Gasteiger partial charge in [0.15, 0.2) is 0 Å². The van der Waals surface area contributed by atoms with Gasteiger partial charge in [0, 0.05) is 17.0 Å².